The number of ketones is 3. The minimum atomic E-state index is -4.94. The first-order chi connectivity index (χ1) is 19.2. The number of hydrogen-bond donors (Lipinski definition) is 3. The van der Waals surface area contributed by atoms with Gasteiger partial charge in [-0.15, -0.1) is 34.0 Å². The van der Waals surface area contributed by atoms with Crippen LogP contribution in [-0.4, -0.2) is 67.6 Å². The number of halogens is 9. The molecule has 259 valence electrons. The van der Waals surface area contributed by atoms with Gasteiger partial charge in [0, 0.05) is 67.6 Å². The molecular formula is C24H21EuF9O9S3. The Morgan fingerprint density at radius 2 is 0.696 bits per heavy atom. The van der Waals surface area contributed by atoms with Gasteiger partial charge < -0.3 is 31.7 Å². The summed E-state index contributed by atoms with van der Waals surface area (Å²) in [5.41, 5.74) is 0. The predicted octanol–water partition coefficient (Wildman–Crippen LogP) is 5.86. The van der Waals surface area contributed by atoms with Crippen LogP contribution in [0.4, 0.5) is 39.5 Å². The van der Waals surface area contributed by atoms with Gasteiger partial charge in [0.1, 0.15) is 17.3 Å². The molecule has 3 aromatic rings. The molecule has 0 amide bonds. The second-order valence-electron chi connectivity index (χ2n) is 7.11. The van der Waals surface area contributed by atoms with E-state index in [1.807, 2.05) is 0 Å². The van der Waals surface area contributed by atoms with Crippen LogP contribution >= 0.6 is 34.0 Å². The SMILES string of the molecule is O.O.O.O=C(C=C(O)c1cccs1)C(F)(F)F.O=C(C=C(O)c1cccs1)C(F)(F)F.O=C(C=C(O)c1cccs1)C(F)(F)F.[Eu]. The third-order valence-corrected chi connectivity index (χ3v) is 6.64. The summed E-state index contributed by atoms with van der Waals surface area (Å²) < 4.78 is 106. The van der Waals surface area contributed by atoms with E-state index >= 15 is 0 Å². The molecule has 0 aliphatic heterocycles. The molecule has 0 saturated heterocycles. The molecule has 46 heavy (non-hydrogen) atoms. The summed E-state index contributed by atoms with van der Waals surface area (Å²) in [4.78, 5) is 31.9. The monoisotopic (exact) mass is 873 g/mol. The van der Waals surface area contributed by atoms with E-state index in [2.05, 4.69) is 0 Å². The van der Waals surface area contributed by atoms with E-state index in [1.165, 1.54) is 18.2 Å². The predicted molar refractivity (Wildman–Crippen MR) is 149 cm³/mol. The van der Waals surface area contributed by atoms with Crippen molar-refractivity contribution in [1.29, 1.82) is 0 Å². The van der Waals surface area contributed by atoms with Gasteiger partial charge in [-0.3, -0.25) is 14.4 Å². The molecule has 0 unspecified atom stereocenters. The number of carbonyl (C=O) groups is 3. The molecule has 0 aliphatic rings. The molecule has 0 spiro atoms. The molecule has 3 rings (SSSR count). The summed E-state index contributed by atoms with van der Waals surface area (Å²) in [7, 11) is 0. The number of hydrogen-bond acceptors (Lipinski definition) is 9. The van der Waals surface area contributed by atoms with Gasteiger partial charge in [-0.05, 0) is 34.3 Å². The molecule has 1 radical (unpaired) electrons. The van der Waals surface area contributed by atoms with Gasteiger partial charge in [0.05, 0.1) is 14.6 Å². The van der Waals surface area contributed by atoms with Crippen molar-refractivity contribution in [2.75, 3.05) is 0 Å². The fraction of sp³-hybridized carbons (Fsp3) is 0.125. The third-order valence-electron chi connectivity index (χ3n) is 3.96. The zero-order valence-electron chi connectivity index (χ0n) is 22.0. The second kappa shape index (κ2) is 22.2. The Bertz CT molecular complexity index is 1240. The Morgan fingerprint density at radius 1 is 0.500 bits per heavy atom. The Kier molecular flexibility index (Phi) is 24.3. The van der Waals surface area contributed by atoms with Crippen molar-refractivity contribution in [3.8, 4) is 0 Å². The van der Waals surface area contributed by atoms with E-state index in [0.717, 1.165) is 34.0 Å². The average molecular weight is 873 g/mol. The molecule has 0 aromatic carbocycles. The number of thiophene rings is 3. The number of allylic oxidation sites excluding steroid dienone is 3. The van der Waals surface area contributed by atoms with Crippen LogP contribution in [0.15, 0.2) is 70.8 Å². The van der Waals surface area contributed by atoms with Crippen LogP contribution in [0, 0.1) is 49.4 Å². The van der Waals surface area contributed by atoms with Gasteiger partial charge in [0.15, 0.2) is 0 Å². The molecule has 3 heterocycles. The maximum Gasteiger partial charge on any atom is 0.454 e. The van der Waals surface area contributed by atoms with E-state index in [9.17, 15) is 53.9 Å². The van der Waals surface area contributed by atoms with Crippen molar-refractivity contribution < 1.29 is 135 Å². The molecule has 9 N–H and O–H groups in total. The fourth-order valence-electron chi connectivity index (χ4n) is 2.10. The first-order valence-corrected chi connectivity index (χ1v) is 13.0. The number of aliphatic hydroxyl groups is 3. The first kappa shape index (κ1) is 50.4. The summed E-state index contributed by atoms with van der Waals surface area (Å²) in [6.07, 6.45) is -14.3. The van der Waals surface area contributed by atoms with Crippen LogP contribution in [0.2, 0.25) is 0 Å². The fourth-order valence-corrected chi connectivity index (χ4v) is 4.03. The topological polar surface area (TPSA) is 206 Å². The second-order valence-corrected chi connectivity index (χ2v) is 9.95. The molecule has 0 aliphatic carbocycles. The zero-order chi connectivity index (χ0) is 32.3. The maximum absolute atomic E-state index is 11.7. The van der Waals surface area contributed by atoms with Crippen LogP contribution in [0.5, 0.6) is 0 Å². The van der Waals surface area contributed by atoms with Crippen LogP contribution in [0.3, 0.4) is 0 Å². The van der Waals surface area contributed by atoms with Crippen molar-refractivity contribution in [1.82, 2.24) is 0 Å². The van der Waals surface area contributed by atoms with Gasteiger partial charge in [0.25, 0.3) is 17.3 Å². The summed E-state index contributed by atoms with van der Waals surface area (Å²) in [6.45, 7) is 0. The largest absolute Gasteiger partial charge is 0.506 e. The van der Waals surface area contributed by atoms with E-state index in [0.29, 0.717) is 0 Å². The standard InChI is InChI=1S/3C8H5F3O2S.Eu.3H2O/c3*9-8(10,11)7(13)4-5(12)6-2-1-3-14-6;;;;/h3*1-4,12H;;3*1H2. The maximum atomic E-state index is 11.7. The smallest absolute Gasteiger partial charge is 0.454 e. The minimum absolute atomic E-state index is 0. The zero-order valence-corrected chi connectivity index (χ0v) is 26.9. The number of carbonyl (C=O) groups excluding carboxylic acids is 3. The molecule has 0 atom stereocenters. The van der Waals surface area contributed by atoms with E-state index in [1.54, 1.807) is 34.3 Å². The van der Waals surface area contributed by atoms with Gasteiger partial charge in [-0.25, -0.2) is 0 Å². The molecule has 9 nitrogen and oxygen atoms in total. The Hall–Kier alpha value is -2.44. The molecule has 22 heteroatoms. The van der Waals surface area contributed by atoms with Crippen LogP contribution in [0.25, 0.3) is 17.3 Å². The van der Waals surface area contributed by atoms with Gasteiger partial charge in [-0.2, -0.15) is 39.5 Å². The summed E-state index contributed by atoms with van der Waals surface area (Å²) >= 11 is 3.14. The number of rotatable bonds is 6. The van der Waals surface area contributed by atoms with Crippen LogP contribution in [-0.2, 0) is 14.4 Å². The van der Waals surface area contributed by atoms with Gasteiger partial charge >= 0.3 is 18.5 Å². The van der Waals surface area contributed by atoms with Crippen molar-refractivity contribution in [3.63, 3.8) is 0 Å². The van der Waals surface area contributed by atoms with Gasteiger partial charge in [0.2, 0.25) is 0 Å². The Morgan fingerprint density at radius 3 is 0.826 bits per heavy atom. The van der Waals surface area contributed by atoms with E-state index in [4.69, 9.17) is 15.3 Å². The number of aliphatic hydroxyl groups excluding tert-OH is 3. The molecule has 3 aromatic heterocycles. The molecule has 0 fully saturated rings. The average Bonchev–Trinajstić information content (AvgIpc) is 3.66. The molecule has 0 saturated carbocycles. The van der Waals surface area contributed by atoms with Gasteiger partial charge in [-0.1, -0.05) is 18.2 Å². The Labute approximate surface area is 305 Å². The summed E-state index contributed by atoms with van der Waals surface area (Å²) in [5.74, 6) is -8.19. The summed E-state index contributed by atoms with van der Waals surface area (Å²) in [6, 6.07) is 8.92. The third kappa shape index (κ3) is 18.6. The summed E-state index contributed by atoms with van der Waals surface area (Å²) in [5, 5.41) is 32.0. The quantitative estimate of drug-likeness (QED) is 0.157. The molecular weight excluding hydrogens is 851 g/mol. The van der Waals surface area contributed by atoms with Crippen molar-refractivity contribution >= 4 is 68.6 Å². The first-order valence-electron chi connectivity index (χ1n) is 10.4. The normalized spacial score (nSPS) is 11.8. The number of alkyl halides is 9. The molecule has 0 bridgehead atoms. The van der Waals surface area contributed by atoms with E-state index < -0.39 is 53.2 Å². The van der Waals surface area contributed by atoms with Crippen LogP contribution in [0.1, 0.15) is 14.6 Å². The minimum Gasteiger partial charge on any atom is -0.506 e. The van der Waals surface area contributed by atoms with Crippen molar-refractivity contribution in [3.05, 3.63) is 85.4 Å². The van der Waals surface area contributed by atoms with E-state index in [-0.39, 0.29) is 98.7 Å². The van der Waals surface area contributed by atoms with Crippen molar-refractivity contribution in [2.45, 2.75) is 18.5 Å². The Balaban J connectivity index is -0.000000276. The van der Waals surface area contributed by atoms with Crippen LogP contribution < -0.4 is 0 Å². The van der Waals surface area contributed by atoms with Crippen molar-refractivity contribution in [2.24, 2.45) is 0 Å².